The highest BCUT2D eigenvalue weighted by Crippen LogP contribution is 2.24. The molecule has 0 saturated carbocycles. The summed E-state index contributed by atoms with van der Waals surface area (Å²) in [4.78, 5) is 10.1. The summed E-state index contributed by atoms with van der Waals surface area (Å²) in [6.45, 7) is 1.43. The predicted molar refractivity (Wildman–Crippen MR) is 40.1 cm³/mol. The molecule has 0 unspecified atom stereocenters. The molecule has 0 radical (unpaired) electrons. The number of alkyl halides is 3. The van der Waals surface area contributed by atoms with Gasteiger partial charge in [-0.1, -0.05) is 6.92 Å². The zero-order valence-corrected chi connectivity index (χ0v) is 7.14. The molecule has 0 aliphatic heterocycles. The number of nitrogens with two attached hydrogens (primary N) is 1. The summed E-state index contributed by atoms with van der Waals surface area (Å²) in [5, 5.41) is 8.28. The van der Waals surface area contributed by atoms with Gasteiger partial charge < -0.3 is 10.8 Å². The van der Waals surface area contributed by atoms with E-state index in [1.807, 2.05) is 0 Å². The molecule has 0 aliphatic rings. The quantitative estimate of drug-likeness (QED) is 0.718. The summed E-state index contributed by atoms with van der Waals surface area (Å²) in [5.74, 6) is -1.67. The molecule has 0 fully saturated rings. The molecular formula is C7H12F3NO2. The van der Waals surface area contributed by atoms with Gasteiger partial charge in [0.25, 0.3) is 0 Å². The van der Waals surface area contributed by atoms with Crippen LogP contribution in [0.4, 0.5) is 13.2 Å². The molecule has 0 rings (SSSR count). The fourth-order valence-corrected chi connectivity index (χ4v) is 0.949. The number of carboxylic acid groups (broad SMARTS) is 1. The number of aliphatic carboxylic acids is 1. The Morgan fingerprint density at radius 1 is 1.54 bits per heavy atom. The van der Waals surface area contributed by atoms with Crippen molar-refractivity contribution >= 4 is 5.97 Å². The maximum absolute atomic E-state index is 11.9. The smallest absolute Gasteiger partial charge is 0.403 e. The number of hydrogen-bond acceptors (Lipinski definition) is 2. The van der Waals surface area contributed by atoms with Crippen LogP contribution in [0.1, 0.15) is 19.8 Å². The number of halogens is 3. The Kier molecular flexibility index (Phi) is 4.19. The first-order valence-electron chi connectivity index (χ1n) is 3.77. The van der Waals surface area contributed by atoms with Crippen LogP contribution >= 0.6 is 0 Å². The van der Waals surface area contributed by atoms with Crippen molar-refractivity contribution in [2.75, 3.05) is 0 Å². The van der Waals surface area contributed by atoms with E-state index in [0.717, 1.165) is 0 Å². The second kappa shape index (κ2) is 4.45. The molecule has 3 N–H and O–H groups in total. The van der Waals surface area contributed by atoms with Gasteiger partial charge >= 0.3 is 12.1 Å². The second-order valence-electron chi connectivity index (χ2n) is 3.09. The van der Waals surface area contributed by atoms with Crippen molar-refractivity contribution in [1.29, 1.82) is 0 Å². The van der Waals surface area contributed by atoms with Crippen LogP contribution < -0.4 is 5.73 Å². The largest absolute Gasteiger partial charge is 0.481 e. The second-order valence-corrected chi connectivity index (χ2v) is 3.09. The van der Waals surface area contributed by atoms with E-state index in [4.69, 9.17) is 10.8 Å². The van der Waals surface area contributed by atoms with Crippen LogP contribution in [0.3, 0.4) is 0 Å². The highest BCUT2D eigenvalue weighted by molar-refractivity contribution is 5.66. The SMILES string of the molecule is C[C@@H](CC(=O)O)C[C@H](N)C(F)(F)F. The van der Waals surface area contributed by atoms with Gasteiger partial charge in [0.15, 0.2) is 0 Å². The molecule has 0 spiro atoms. The summed E-state index contributed by atoms with van der Waals surface area (Å²) in [6, 6.07) is -1.93. The number of hydrogen-bond donors (Lipinski definition) is 2. The molecule has 3 nitrogen and oxygen atoms in total. The zero-order valence-electron chi connectivity index (χ0n) is 7.14. The third-order valence-electron chi connectivity index (χ3n) is 1.60. The number of carboxylic acids is 1. The van der Waals surface area contributed by atoms with E-state index in [2.05, 4.69) is 0 Å². The normalized spacial score (nSPS) is 16.7. The van der Waals surface area contributed by atoms with Crippen molar-refractivity contribution in [3.8, 4) is 0 Å². The maximum Gasteiger partial charge on any atom is 0.403 e. The third kappa shape index (κ3) is 5.46. The predicted octanol–water partition coefficient (Wildman–Crippen LogP) is 1.38. The Morgan fingerprint density at radius 3 is 2.31 bits per heavy atom. The van der Waals surface area contributed by atoms with Gasteiger partial charge in [-0.05, 0) is 12.3 Å². The minimum atomic E-state index is -4.44. The van der Waals surface area contributed by atoms with Crippen LogP contribution in [0, 0.1) is 5.92 Å². The molecule has 0 amide bonds. The van der Waals surface area contributed by atoms with E-state index in [0.29, 0.717) is 0 Å². The molecular weight excluding hydrogens is 187 g/mol. The maximum atomic E-state index is 11.9. The van der Waals surface area contributed by atoms with E-state index in [1.54, 1.807) is 0 Å². The highest BCUT2D eigenvalue weighted by Gasteiger charge is 2.37. The molecule has 6 heteroatoms. The topological polar surface area (TPSA) is 63.3 Å². The number of carbonyl (C=O) groups is 1. The van der Waals surface area contributed by atoms with Gasteiger partial charge in [0.05, 0.1) is 0 Å². The van der Waals surface area contributed by atoms with Gasteiger partial charge in [-0.25, -0.2) is 0 Å². The van der Waals surface area contributed by atoms with Crippen LogP contribution in [0.25, 0.3) is 0 Å². The molecule has 0 aliphatic carbocycles. The summed E-state index contributed by atoms with van der Waals surface area (Å²) < 4.78 is 35.6. The lowest BCUT2D eigenvalue weighted by molar-refractivity contribution is -0.153. The van der Waals surface area contributed by atoms with Gasteiger partial charge in [0.1, 0.15) is 6.04 Å². The standard InChI is InChI=1S/C7H12F3NO2/c1-4(3-6(12)13)2-5(11)7(8,9)10/h4-5H,2-3,11H2,1H3,(H,12,13)/t4-,5+/m1/s1. The zero-order chi connectivity index (χ0) is 10.6. The average Bonchev–Trinajstić information content (AvgIpc) is 1.82. The van der Waals surface area contributed by atoms with E-state index >= 15 is 0 Å². The Labute approximate surface area is 73.7 Å². The van der Waals surface area contributed by atoms with Gasteiger partial charge in [0, 0.05) is 6.42 Å². The van der Waals surface area contributed by atoms with Crippen molar-refractivity contribution < 1.29 is 23.1 Å². The first kappa shape index (κ1) is 12.2. The molecule has 0 aromatic rings. The van der Waals surface area contributed by atoms with Crippen LogP contribution in [0.15, 0.2) is 0 Å². The minimum absolute atomic E-state index is 0.288. The monoisotopic (exact) mass is 199 g/mol. The van der Waals surface area contributed by atoms with Crippen LogP contribution in [0.2, 0.25) is 0 Å². The van der Waals surface area contributed by atoms with Gasteiger partial charge in [0.2, 0.25) is 0 Å². The van der Waals surface area contributed by atoms with Gasteiger partial charge in [-0.3, -0.25) is 4.79 Å². The molecule has 0 saturated heterocycles. The first-order valence-corrected chi connectivity index (χ1v) is 3.77. The van der Waals surface area contributed by atoms with Crippen LogP contribution in [-0.2, 0) is 4.79 Å². The van der Waals surface area contributed by atoms with Gasteiger partial charge in [-0.15, -0.1) is 0 Å². The van der Waals surface area contributed by atoms with Crippen LogP contribution in [0.5, 0.6) is 0 Å². The minimum Gasteiger partial charge on any atom is -0.481 e. The van der Waals surface area contributed by atoms with Crippen LogP contribution in [-0.4, -0.2) is 23.3 Å². The summed E-state index contributed by atoms with van der Waals surface area (Å²) in [6.07, 6.45) is -5.08. The van der Waals surface area contributed by atoms with E-state index in [-0.39, 0.29) is 12.8 Å². The summed E-state index contributed by atoms with van der Waals surface area (Å²) in [5.41, 5.74) is 4.81. The summed E-state index contributed by atoms with van der Waals surface area (Å²) >= 11 is 0. The van der Waals surface area contributed by atoms with Crippen molar-refractivity contribution in [1.82, 2.24) is 0 Å². The fourth-order valence-electron chi connectivity index (χ4n) is 0.949. The first-order chi connectivity index (χ1) is 5.73. The lowest BCUT2D eigenvalue weighted by Crippen LogP contribution is -2.38. The molecule has 0 bridgehead atoms. The van der Waals surface area contributed by atoms with Crippen molar-refractivity contribution in [2.45, 2.75) is 32.0 Å². The lowest BCUT2D eigenvalue weighted by Gasteiger charge is -2.18. The van der Waals surface area contributed by atoms with E-state index < -0.39 is 24.1 Å². The van der Waals surface area contributed by atoms with E-state index in [1.165, 1.54) is 6.92 Å². The molecule has 13 heavy (non-hydrogen) atoms. The van der Waals surface area contributed by atoms with Crippen molar-refractivity contribution in [3.05, 3.63) is 0 Å². The third-order valence-corrected chi connectivity index (χ3v) is 1.60. The Balaban J connectivity index is 3.92. The Morgan fingerprint density at radius 2 is 2.00 bits per heavy atom. The molecule has 0 heterocycles. The highest BCUT2D eigenvalue weighted by atomic mass is 19.4. The summed E-state index contributed by atoms with van der Waals surface area (Å²) in [7, 11) is 0. The molecule has 0 aromatic heterocycles. The van der Waals surface area contributed by atoms with Crippen molar-refractivity contribution in [2.24, 2.45) is 11.7 Å². The Hall–Kier alpha value is -0.780. The van der Waals surface area contributed by atoms with Gasteiger partial charge in [-0.2, -0.15) is 13.2 Å². The van der Waals surface area contributed by atoms with E-state index in [9.17, 15) is 18.0 Å². The van der Waals surface area contributed by atoms with Crippen molar-refractivity contribution in [3.63, 3.8) is 0 Å². The lowest BCUT2D eigenvalue weighted by atomic mass is 9.99. The average molecular weight is 199 g/mol. The molecule has 0 aromatic carbocycles. The molecule has 2 atom stereocenters. The Bertz CT molecular complexity index is 181. The number of rotatable bonds is 4. The fraction of sp³-hybridized carbons (Fsp3) is 0.857. The molecule has 78 valence electrons.